The van der Waals surface area contributed by atoms with Crippen LogP contribution in [-0.4, -0.2) is 280 Å². The second-order valence-corrected chi connectivity index (χ2v) is 39.2. The third kappa shape index (κ3) is 31.5. The Morgan fingerprint density at radius 2 is 1.04 bits per heavy atom. The number of ketones is 4. The summed E-state index contributed by atoms with van der Waals surface area (Å²) in [5.41, 5.74) is 2.84. The van der Waals surface area contributed by atoms with E-state index < -0.39 is 144 Å². The van der Waals surface area contributed by atoms with E-state index in [2.05, 4.69) is 112 Å². The van der Waals surface area contributed by atoms with Crippen LogP contribution >= 0.6 is 0 Å². The van der Waals surface area contributed by atoms with Crippen molar-refractivity contribution in [2.24, 2.45) is 61.5 Å². The number of nitrogens with one attached hydrogen (secondary N) is 2. The molecule has 0 amide bonds. The third-order valence-electron chi connectivity index (χ3n) is 22.9. The summed E-state index contributed by atoms with van der Waals surface area (Å²) < 4.78 is 138. The Morgan fingerprint density at radius 1 is 0.558 bits per heavy atom. The van der Waals surface area contributed by atoms with E-state index in [1.54, 1.807) is 87.4 Å². The minimum absolute atomic E-state index is 0.0284. The SMILES string of the molecule is CC(C)(C)C#CCn1ccc(C(=O)c2cncnc2N[C@@H]2C[C@H](COS(N)(=O)=O)[C@@H](O)[C@@H]2F)c1.CCOCCn1ccc(C(=O)c2cncnc2N[C@@H]2C[C@H](COS(N)(=O)=O)[C@@H](O)[C@H]2O)n1.N#Cc1cccc(Cn2ccc(C(=O)c3cncnc3C[C@@H]3C[C@H](COS(N)(=O)=O)[C@@H](O)[C@H]3O)n2)c1.NS(=O)(=O)OC[C@H]1C[C@@H](Cc2ncncc2C(=O)c2ccn(CC#CC3(O)CCOCC3)n2)C[C@@H]1O. The van der Waals surface area contributed by atoms with Gasteiger partial charge in [-0.25, -0.2) is 64.8 Å². The average molecular weight is 2000 g/mol. The molecule has 742 valence electrons. The number of alkyl halides is 1. The number of aliphatic hydroxyl groups excluding tert-OH is 6. The summed E-state index contributed by atoms with van der Waals surface area (Å²) in [7, 11) is -16.7. The van der Waals surface area contributed by atoms with Crippen LogP contribution in [0.25, 0.3) is 0 Å². The quantitative estimate of drug-likeness (QED) is 0.0134. The van der Waals surface area contributed by atoms with Gasteiger partial charge in [-0.15, -0.1) is 0 Å². The Kier molecular flexibility index (Phi) is 37.0. The lowest BCUT2D eigenvalue weighted by atomic mass is 9.95. The van der Waals surface area contributed by atoms with E-state index >= 15 is 0 Å². The highest BCUT2D eigenvalue weighted by Gasteiger charge is 2.47. The predicted molar refractivity (Wildman–Crippen MR) is 483 cm³/mol. The Morgan fingerprint density at radius 3 is 1.62 bits per heavy atom. The first-order valence-electron chi connectivity index (χ1n) is 43.2. The minimum atomic E-state index is -4.22. The predicted octanol–water partition coefficient (Wildman–Crippen LogP) is -0.496. The molecule has 9 aromatic rings. The largest absolute Gasteiger partial charge is 0.393 e. The molecule has 0 spiro atoms. The highest BCUT2D eigenvalue weighted by atomic mass is 32.2. The molecular weight excluding hydrogens is 1890 g/mol. The number of ether oxygens (including phenoxy) is 2. The van der Waals surface area contributed by atoms with Crippen molar-refractivity contribution in [1.82, 2.24) is 73.8 Å². The number of benzene rings is 1. The Labute approximate surface area is 793 Å². The first-order valence-corrected chi connectivity index (χ1v) is 49.1. The van der Waals surface area contributed by atoms with Crippen LogP contribution in [0.3, 0.4) is 0 Å². The van der Waals surface area contributed by atoms with Gasteiger partial charge in [-0.05, 0) is 126 Å². The van der Waals surface area contributed by atoms with Gasteiger partial charge in [0.2, 0.25) is 17.3 Å². The molecule has 0 unspecified atom stereocenters. The summed E-state index contributed by atoms with van der Waals surface area (Å²) in [5, 5.41) is 119. The third-order valence-corrected chi connectivity index (χ3v) is 24.8. The molecule has 15 atom stereocenters. The fourth-order valence-electron chi connectivity index (χ4n) is 16.0. The number of nitriles is 1. The van der Waals surface area contributed by atoms with E-state index in [0.717, 1.165) is 5.56 Å². The molecule has 4 aliphatic carbocycles. The molecule has 5 fully saturated rings. The van der Waals surface area contributed by atoms with Gasteiger partial charge in [-0.2, -0.15) is 54.2 Å². The van der Waals surface area contributed by atoms with Gasteiger partial charge < -0.3 is 60.4 Å². The Balaban J connectivity index is 0.000000177. The molecule has 1 aromatic carbocycles. The van der Waals surface area contributed by atoms with Crippen molar-refractivity contribution >= 4 is 76.0 Å². The molecule has 9 heterocycles. The van der Waals surface area contributed by atoms with Crippen molar-refractivity contribution in [3.05, 3.63) is 197 Å². The van der Waals surface area contributed by atoms with Crippen molar-refractivity contribution < 1.29 is 119 Å². The van der Waals surface area contributed by atoms with Crippen LogP contribution in [0, 0.1) is 75.9 Å². The molecule has 1 saturated heterocycles. The summed E-state index contributed by atoms with van der Waals surface area (Å²) >= 11 is 0. The van der Waals surface area contributed by atoms with E-state index in [1.165, 1.54) is 54.8 Å². The molecule has 52 heteroatoms. The topological polar surface area (TPSA) is 715 Å². The molecule has 8 aromatic heterocycles. The zero-order valence-corrected chi connectivity index (χ0v) is 78.4. The van der Waals surface area contributed by atoms with E-state index in [-0.39, 0.29) is 126 Å². The van der Waals surface area contributed by atoms with Crippen LogP contribution in [-0.2, 0) is 106 Å². The Bertz CT molecular complexity index is 6390. The molecule has 4 saturated carbocycles. The number of carbonyl (C=O) groups is 4. The summed E-state index contributed by atoms with van der Waals surface area (Å²) in [5.74, 6) is 7.65. The number of nitrogens with zero attached hydrogens (tertiary/aromatic N) is 16. The standard InChI is InChI=1S/C23H24N6O6S.C23H29N5O7S.C22H28FN5O5S.C18H26N6O7S/c24-9-14-2-1-3-15(6-14)11-29-5-4-19(28-29)23(32)18-10-26-13-27-20(18)8-16-7-17(22(31)21(16)30)12-35-36(25,33)34;24-36(32,33)35-14-17-10-16(12-21(17)29)11-20-18(13-25-15-26-20)22(30)19-2-7-28(27-19)6-1-3-23(31)4-8-34-9-5-23;1-22(2,3)6-4-7-28-8-5-14(11-28)19(29)16-10-25-13-26-21(16)27-17-9-15(20(30)18(17)23)12-33-34(24,31)32;1-2-30-6-5-24-4-3-13(23-24)16(26)12-8-20-10-21-18(12)22-14-7-11(15(25)17(14)27)9-31-32(19,28)29/h1-6,10,13,16-17,21-22,30-31H,7-8,11-12H2,(H2,25,33,34);2,7,13,15-17,21,29,31H,4-6,8-12,14H2,(H2,24,32,33);5,8,10-11,13,15,17-18,20,30H,7,9,12H2,1-3H3,(H2,24,31,32)(H,25,26,27);3-4,8,10-11,14-15,17,25,27H,2,5-7,9H2,1H3,(H2,19,28,29)(H,20,21,22)/t16-,17+,21-,22+;16-,17+,21-;15-,17-,18-,20-;11-,14-,15-,17+/m0011/s1. The number of halogens is 1. The van der Waals surface area contributed by atoms with Gasteiger partial charge in [0.25, 0.3) is 0 Å². The van der Waals surface area contributed by atoms with E-state index in [0.29, 0.717) is 106 Å². The molecular formula is C86H107FN22O25S4. The maximum Gasteiger partial charge on any atom is 0.333 e. The second-order valence-electron chi connectivity index (χ2n) is 34.3. The lowest BCUT2D eigenvalue weighted by Crippen LogP contribution is -2.36. The van der Waals surface area contributed by atoms with Crippen molar-refractivity contribution in [3.63, 3.8) is 0 Å². The van der Waals surface area contributed by atoms with Crippen LogP contribution in [0.15, 0.2) is 130 Å². The van der Waals surface area contributed by atoms with E-state index in [4.69, 9.17) is 35.3 Å². The number of carbonyl (C=O) groups excluding carboxylic acids is 4. The molecule has 47 nitrogen and oxygen atoms in total. The fourth-order valence-corrected chi connectivity index (χ4v) is 17.4. The van der Waals surface area contributed by atoms with Gasteiger partial charge >= 0.3 is 41.2 Å². The molecule has 0 radical (unpaired) electrons. The second kappa shape index (κ2) is 47.8. The van der Waals surface area contributed by atoms with Crippen LogP contribution in [0.4, 0.5) is 16.0 Å². The average Bonchev–Trinajstić information content (AvgIpc) is 1.68. The number of aromatic nitrogens is 15. The number of hydrogen-bond acceptors (Lipinski definition) is 39. The summed E-state index contributed by atoms with van der Waals surface area (Å²) in [6.07, 6.45) is 12.9. The van der Waals surface area contributed by atoms with Gasteiger partial charge in [0.15, 0.2) is 5.78 Å². The van der Waals surface area contributed by atoms with Crippen molar-refractivity contribution in [2.45, 2.75) is 172 Å². The van der Waals surface area contributed by atoms with Crippen LogP contribution in [0.5, 0.6) is 0 Å². The number of hydrogen-bond donors (Lipinski definition) is 13. The van der Waals surface area contributed by atoms with Crippen LogP contribution < -0.4 is 31.2 Å². The molecule has 1 aliphatic heterocycles. The molecule has 138 heavy (non-hydrogen) atoms. The highest BCUT2D eigenvalue weighted by Crippen LogP contribution is 2.39. The van der Waals surface area contributed by atoms with Crippen LogP contribution in [0.2, 0.25) is 0 Å². The number of rotatable bonds is 36. The lowest BCUT2D eigenvalue weighted by Gasteiger charge is -2.26. The van der Waals surface area contributed by atoms with Crippen molar-refractivity contribution in [1.29, 1.82) is 5.26 Å². The molecule has 0 bridgehead atoms. The normalized spacial score (nSPS) is 22.9. The summed E-state index contributed by atoms with van der Waals surface area (Å²) in [6, 6.07) is 13.9. The number of aliphatic hydroxyl groups is 7. The summed E-state index contributed by atoms with van der Waals surface area (Å²) in [6.45, 7) is 10.00. The smallest absolute Gasteiger partial charge is 0.333 e. The van der Waals surface area contributed by atoms with Gasteiger partial charge in [0, 0.05) is 110 Å². The van der Waals surface area contributed by atoms with Crippen molar-refractivity contribution in [2.75, 3.05) is 63.5 Å². The lowest BCUT2D eigenvalue weighted by molar-refractivity contribution is -0.0262. The Hall–Kier alpha value is -11.6. The van der Waals surface area contributed by atoms with Crippen LogP contribution in [0.1, 0.15) is 159 Å². The van der Waals surface area contributed by atoms with E-state index in [1.807, 2.05) is 33.8 Å². The zero-order chi connectivity index (χ0) is 100. The van der Waals surface area contributed by atoms with Gasteiger partial charge in [0.05, 0.1) is 154 Å². The highest BCUT2D eigenvalue weighted by molar-refractivity contribution is 7.85. The van der Waals surface area contributed by atoms with Gasteiger partial charge in [0.1, 0.15) is 78.4 Å². The maximum atomic E-state index is 14.7. The monoisotopic (exact) mass is 1990 g/mol. The first-order chi connectivity index (χ1) is 65.3. The molecule has 17 N–H and O–H groups in total. The van der Waals surface area contributed by atoms with Gasteiger partial charge in [-0.3, -0.25) is 50.0 Å². The molecule has 14 rings (SSSR count). The van der Waals surface area contributed by atoms with E-state index in [9.17, 15) is 93.0 Å². The number of nitrogens with two attached hydrogens (primary N) is 4. The minimum Gasteiger partial charge on any atom is -0.393 e. The summed E-state index contributed by atoms with van der Waals surface area (Å²) in [4.78, 5) is 84.9. The number of anilines is 2. The van der Waals surface area contributed by atoms with Gasteiger partial charge in [-0.1, -0.05) is 35.8 Å². The fraction of sp³-hybridized carbons (Fsp3) is 0.488. The zero-order valence-electron chi connectivity index (χ0n) is 75.1. The first kappa shape index (κ1) is 107. The van der Waals surface area contributed by atoms with Crippen molar-refractivity contribution in [3.8, 4) is 29.8 Å². The maximum absolute atomic E-state index is 14.7. The molecule has 5 aliphatic rings.